The molecular weight excluding hydrogens is 272 g/mol. The van der Waals surface area contributed by atoms with Crippen molar-refractivity contribution in [3.05, 3.63) is 30.0 Å². The second-order valence-corrected chi connectivity index (χ2v) is 4.22. The van der Waals surface area contributed by atoms with E-state index in [1.165, 1.54) is 0 Å². The van der Waals surface area contributed by atoms with Crippen molar-refractivity contribution < 1.29 is 14.3 Å². The summed E-state index contributed by atoms with van der Waals surface area (Å²) in [7, 11) is 1.57. The summed E-state index contributed by atoms with van der Waals surface area (Å²) >= 11 is 0. The first-order valence-electron chi connectivity index (χ1n) is 6.67. The van der Waals surface area contributed by atoms with Gasteiger partial charge in [-0.3, -0.25) is 0 Å². The second-order valence-electron chi connectivity index (χ2n) is 4.22. The highest BCUT2D eigenvalue weighted by atomic mass is 16.5. The fourth-order valence-electron chi connectivity index (χ4n) is 2.04. The molecular formula is C14H18N4O3. The Morgan fingerprint density at radius 1 is 1.38 bits per heavy atom. The molecule has 1 heterocycles. The summed E-state index contributed by atoms with van der Waals surface area (Å²) in [5, 5.41) is 7.92. The number of para-hydroxylation sites is 1. The minimum Gasteiger partial charge on any atom is -0.496 e. The van der Waals surface area contributed by atoms with Gasteiger partial charge in [-0.05, 0) is 19.1 Å². The molecule has 0 fully saturated rings. The van der Waals surface area contributed by atoms with Crippen molar-refractivity contribution >= 4 is 5.97 Å². The van der Waals surface area contributed by atoms with Gasteiger partial charge in [-0.25, -0.2) is 9.48 Å². The maximum atomic E-state index is 12.0. The number of benzene rings is 1. The quantitative estimate of drug-likeness (QED) is 0.801. The first kappa shape index (κ1) is 15.0. The van der Waals surface area contributed by atoms with Crippen molar-refractivity contribution in [3.8, 4) is 17.0 Å². The molecule has 0 spiro atoms. The molecule has 1 aromatic heterocycles. The summed E-state index contributed by atoms with van der Waals surface area (Å²) in [4.78, 5) is 12.0. The van der Waals surface area contributed by atoms with E-state index in [1.54, 1.807) is 18.7 Å². The number of aromatic nitrogens is 3. The van der Waals surface area contributed by atoms with Gasteiger partial charge in [-0.1, -0.05) is 17.3 Å². The molecule has 2 rings (SSSR count). The van der Waals surface area contributed by atoms with Crippen LogP contribution >= 0.6 is 0 Å². The van der Waals surface area contributed by atoms with Crippen LogP contribution in [-0.4, -0.2) is 41.2 Å². The zero-order chi connectivity index (χ0) is 15.2. The maximum absolute atomic E-state index is 12.0. The van der Waals surface area contributed by atoms with Crippen molar-refractivity contribution in [3.63, 3.8) is 0 Å². The van der Waals surface area contributed by atoms with Gasteiger partial charge in [0.1, 0.15) is 11.4 Å². The van der Waals surface area contributed by atoms with Crippen LogP contribution in [0.5, 0.6) is 5.75 Å². The van der Waals surface area contributed by atoms with Crippen LogP contribution in [0.1, 0.15) is 17.4 Å². The number of carbonyl (C=O) groups is 1. The van der Waals surface area contributed by atoms with Gasteiger partial charge >= 0.3 is 5.97 Å². The van der Waals surface area contributed by atoms with Crippen molar-refractivity contribution in [1.29, 1.82) is 0 Å². The molecule has 21 heavy (non-hydrogen) atoms. The Kier molecular flexibility index (Phi) is 4.89. The number of esters is 1. The Morgan fingerprint density at radius 3 is 2.81 bits per heavy atom. The van der Waals surface area contributed by atoms with Crippen LogP contribution in [0.2, 0.25) is 0 Å². The largest absolute Gasteiger partial charge is 0.496 e. The Labute approximate surface area is 122 Å². The molecule has 0 aliphatic rings. The molecule has 0 aliphatic carbocycles. The molecule has 0 atom stereocenters. The van der Waals surface area contributed by atoms with Gasteiger partial charge < -0.3 is 15.2 Å². The van der Waals surface area contributed by atoms with Crippen LogP contribution < -0.4 is 10.5 Å². The van der Waals surface area contributed by atoms with E-state index in [1.807, 2.05) is 24.3 Å². The van der Waals surface area contributed by atoms with Gasteiger partial charge in [0.2, 0.25) is 0 Å². The number of hydrogen-bond acceptors (Lipinski definition) is 6. The minimum atomic E-state index is -0.512. The van der Waals surface area contributed by atoms with E-state index in [0.717, 1.165) is 5.56 Å². The number of hydrogen-bond donors (Lipinski definition) is 1. The predicted molar refractivity (Wildman–Crippen MR) is 77.0 cm³/mol. The first-order chi connectivity index (χ1) is 10.2. The maximum Gasteiger partial charge on any atom is 0.361 e. The molecule has 0 unspecified atom stereocenters. The van der Waals surface area contributed by atoms with Gasteiger partial charge in [0.15, 0.2) is 5.69 Å². The van der Waals surface area contributed by atoms with Crippen LogP contribution in [-0.2, 0) is 11.3 Å². The fraction of sp³-hybridized carbons (Fsp3) is 0.357. The van der Waals surface area contributed by atoms with Crippen LogP contribution in [0, 0.1) is 0 Å². The molecule has 0 bridgehead atoms. The molecule has 1 aromatic carbocycles. The summed E-state index contributed by atoms with van der Waals surface area (Å²) in [5.41, 5.74) is 7.02. The van der Waals surface area contributed by atoms with Crippen LogP contribution in [0.3, 0.4) is 0 Å². The SMILES string of the molecule is CCOC(=O)c1nnn(CCN)c1-c1ccccc1OC. The molecule has 0 radical (unpaired) electrons. The number of rotatable bonds is 6. The lowest BCUT2D eigenvalue weighted by atomic mass is 10.1. The average Bonchev–Trinajstić information content (AvgIpc) is 2.91. The Bertz CT molecular complexity index is 624. The third-order valence-electron chi connectivity index (χ3n) is 2.91. The highest BCUT2D eigenvalue weighted by molar-refractivity contribution is 5.95. The summed E-state index contributed by atoms with van der Waals surface area (Å²) in [6.07, 6.45) is 0. The van der Waals surface area contributed by atoms with Gasteiger partial charge in [-0.2, -0.15) is 0 Å². The van der Waals surface area contributed by atoms with Gasteiger partial charge in [-0.15, -0.1) is 5.10 Å². The van der Waals surface area contributed by atoms with E-state index in [-0.39, 0.29) is 12.3 Å². The molecule has 0 saturated carbocycles. The van der Waals surface area contributed by atoms with Gasteiger partial charge in [0.25, 0.3) is 0 Å². The molecule has 112 valence electrons. The lowest BCUT2D eigenvalue weighted by molar-refractivity contribution is 0.0520. The Hall–Kier alpha value is -2.41. The van der Waals surface area contributed by atoms with Crippen molar-refractivity contribution in [2.24, 2.45) is 5.73 Å². The first-order valence-corrected chi connectivity index (χ1v) is 6.67. The predicted octanol–water partition coefficient (Wildman–Crippen LogP) is 1.09. The number of carbonyl (C=O) groups excluding carboxylic acids is 1. The Morgan fingerprint density at radius 2 is 2.14 bits per heavy atom. The van der Waals surface area contributed by atoms with Gasteiger partial charge in [0, 0.05) is 12.1 Å². The number of nitrogens with two attached hydrogens (primary N) is 1. The lowest BCUT2D eigenvalue weighted by Gasteiger charge is -2.11. The normalized spacial score (nSPS) is 10.4. The number of ether oxygens (including phenoxy) is 2. The fourth-order valence-corrected chi connectivity index (χ4v) is 2.04. The smallest absolute Gasteiger partial charge is 0.361 e. The Balaban J connectivity index is 2.58. The average molecular weight is 290 g/mol. The van der Waals surface area contributed by atoms with E-state index in [4.69, 9.17) is 15.2 Å². The van der Waals surface area contributed by atoms with E-state index in [2.05, 4.69) is 10.3 Å². The van der Waals surface area contributed by atoms with E-state index in [0.29, 0.717) is 24.5 Å². The summed E-state index contributed by atoms with van der Waals surface area (Å²) < 4.78 is 12.0. The molecule has 7 nitrogen and oxygen atoms in total. The topological polar surface area (TPSA) is 92.3 Å². The number of methoxy groups -OCH3 is 1. The van der Waals surface area contributed by atoms with E-state index in [9.17, 15) is 4.79 Å². The van der Waals surface area contributed by atoms with E-state index >= 15 is 0 Å². The number of nitrogens with zero attached hydrogens (tertiary/aromatic N) is 3. The zero-order valence-electron chi connectivity index (χ0n) is 12.1. The third kappa shape index (κ3) is 3.03. The summed E-state index contributed by atoms with van der Waals surface area (Å²) in [5.74, 6) is 0.116. The second kappa shape index (κ2) is 6.85. The third-order valence-corrected chi connectivity index (χ3v) is 2.91. The van der Waals surface area contributed by atoms with Crippen LogP contribution in [0.4, 0.5) is 0 Å². The lowest BCUT2D eigenvalue weighted by Crippen LogP contribution is -2.13. The van der Waals surface area contributed by atoms with Crippen molar-refractivity contribution in [2.75, 3.05) is 20.3 Å². The molecule has 0 aliphatic heterocycles. The van der Waals surface area contributed by atoms with Crippen LogP contribution in [0.25, 0.3) is 11.3 Å². The minimum absolute atomic E-state index is 0.162. The molecule has 7 heteroatoms. The van der Waals surface area contributed by atoms with Gasteiger partial charge in [0.05, 0.1) is 20.3 Å². The summed E-state index contributed by atoms with van der Waals surface area (Å²) in [6.45, 7) is 2.84. The highest BCUT2D eigenvalue weighted by Gasteiger charge is 2.24. The highest BCUT2D eigenvalue weighted by Crippen LogP contribution is 2.31. The summed E-state index contributed by atoms with van der Waals surface area (Å²) in [6, 6.07) is 7.35. The standard InChI is InChI=1S/C14H18N4O3/c1-3-21-14(19)12-13(18(9-8-15)17-16-12)10-6-4-5-7-11(10)20-2/h4-7H,3,8-9,15H2,1-2H3. The van der Waals surface area contributed by atoms with Crippen molar-refractivity contribution in [1.82, 2.24) is 15.0 Å². The molecule has 0 amide bonds. The molecule has 2 aromatic rings. The molecule has 2 N–H and O–H groups in total. The molecule has 0 saturated heterocycles. The van der Waals surface area contributed by atoms with E-state index < -0.39 is 5.97 Å². The zero-order valence-corrected chi connectivity index (χ0v) is 12.1. The van der Waals surface area contributed by atoms with Crippen molar-refractivity contribution in [2.45, 2.75) is 13.5 Å². The monoisotopic (exact) mass is 290 g/mol. The van der Waals surface area contributed by atoms with Crippen LogP contribution in [0.15, 0.2) is 24.3 Å².